The summed E-state index contributed by atoms with van der Waals surface area (Å²) >= 11 is 0. The van der Waals surface area contributed by atoms with Crippen LogP contribution in [0.5, 0.6) is 0 Å². The molecule has 176 valence electrons. The predicted molar refractivity (Wildman–Crippen MR) is 119 cm³/mol. The van der Waals surface area contributed by atoms with Crippen molar-refractivity contribution in [3.05, 3.63) is 47.7 Å². The second-order valence-corrected chi connectivity index (χ2v) is 11.2. The van der Waals surface area contributed by atoms with Crippen LogP contribution in [0.4, 0.5) is 10.5 Å². The van der Waals surface area contributed by atoms with Gasteiger partial charge in [0.05, 0.1) is 36.2 Å². The minimum absolute atomic E-state index is 0.132. The summed E-state index contributed by atoms with van der Waals surface area (Å²) in [4.78, 5) is 16.9. The number of aromatic nitrogens is 1. The Kier molecular flexibility index (Phi) is 7.99. The summed E-state index contributed by atoms with van der Waals surface area (Å²) < 4.78 is 60.9. The molecule has 1 heterocycles. The van der Waals surface area contributed by atoms with E-state index in [2.05, 4.69) is 10.3 Å². The number of pyridine rings is 1. The molecule has 0 spiro atoms. The lowest BCUT2D eigenvalue weighted by Crippen LogP contribution is -2.27. The summed E-state index contributed by atoms with van der Waals surface area (Å²) in [5.41, 5.74) is 0.746. The maximum atomic E-state index is 12.4. The third-order valence-corrected chi connectivity index (χ3v) is 4.80. The molecule has 0 atom stereocenters. The molecule has 1 amide bonds. The number of hydrogen-bond donors (Lipinski definition) is 1. The lowest BCUT2D eigenvalue weighted by molar-refractivity contribution is 0.0636. The maximum Gasteiger partial charge on any atom is 0.412 e. The summed E-state index contributed by atoms with van der Waals surface area (Å²) in [7, 11) is -7.60. The van der Waals surface area contributed by atoms with E-state index < -0.39 is 45.1 Å². The number of nitrogens with one attached hydrogen (secondary N) is 1. The first-order chi connectivity index (χ1) is 14.6. The van der Waals surface area contributed by atoms with Crippen molar-refractivity contribution < 1.29 is 34.7 Å². The molecule has 2 aromatic rings. The zero-order valence-electron chi connectivity index (χ0n) is 18.4. The molecule has 0 aliphatic heterocycles. The van der Waals surface area contributed by atoms with Gasteiger partial charge in [-0.05, 0) is 26.8 Å². The number of carbonyl (C=O) groups is 1. The highest BCUT2D eigenvalue weighted by molar-refractivity contribution is 7.86. The van der Waals surface area contributed by atoms with Crippen LogP contribution in [-0.2, 0) is 46.6 Å². The molecule has 10 nitrogen and oxygen atoms in total. The number of ether oxygens (including phenoxy) is 1. The SMILES string of the molecule is CC(C)(C)OC(=O)Nc1cc(COS(C)(=O)=O)c(COS(C)(=O)=O)nc1-c1ccccc1. The van der Waals surface area contributed by atoms with Crippen molar-refractivity contribution >= 4 is 32.0 Å². The van der Waals surface area contributed by atoms with Crippen LogP contribution in [0.2, 0.25) is 0 Å². The van der Waals surface area contributed by atoms with Gasteiger partial charge in [0.1, 0.15) is 12.2 Å². The van der Waals surface area contributed by atoms with E-state index in [4.69, 9.17) is 13.1 Å². The first kappa shape index (κ1) is 25.7. The smallest absolute Gasteiger partial charge is 0.412 e. The van der Waals surface area contributed by atoms with Crippen molar-refractivity contribution in [1.29, 1.82) is 0 Å². The monoisotopic (exact) mass is 486 g/mol. The number of benzene rings is 1. The minimum Gasteiger partial charge on any atom is -0.444 e. The van der Waals surface area contributed by atoms with Gasteiger partial charge in [-0.25, -0.2) is 9.78 Å². The molecule has 12 heteroatoms. The zero-order valence-corrected chi connectivity index (χ0v) is 20.0. The predicted octanol–water partition coefficient (Wildman–Crippen LogP) is 3.05. The Bertz CT molecular complexity index is 1170. The average molecular weight is 487 g/mol. The molecule has 0 bridgehead atoms. The second-order valence-electron chi connectivity index (χ2n) is 7.92. The molecule has 1 aromatic heterocycles. The molecule has 0 radical (unpaired) electrons. The van der Waals surface area contributed by atoms with E-state index in [1.807, 2.05) is 0 Å². The minimum atomic E-state index is -3.80. The normalized spacial score (nSPS) is 12.4. The van der Waals surface area contributed by atoms with Crippen molar-refractivity contribution in [3.63, 3.8) is 0 Å². The van der Waals surface area contributed by atoms with Crippen molar-refractivity contribution in [2.24, 2.45) is 0 Å². The highest BCUT2D eigenvalue weighted by Gasteiger charge is 2.21. The van der Waals surface area contributed by atoms with Crippen LogP contribution in [-0.4, -0.2) is 46.0 Å². The van der Waals surface area contributed by atoms with E-state index in [0.717, 1.165) is 12.5 Å². The standard InChI is InChI=1S/C20H26N2O8S2/c1-20(2,3)30-19(23)22-16-11-15(12-28-31(4,24)25)17(13-29-32(5,26)27)21-18(16)14-9-7-6-8-10-14/h6-11H,12-13H2,1-5H3,(H,22,23). The Morgan fingerprint density at radius 3 is 2.06 bits per heavy atom. The van der Waals surface area contributed by atoms with Gasteiger partial charge in [0.15, 0.2) is 0 Å². The van der Waals surface area contributed by atoms with Gasteiger partial charge in [0, 0.05) is 11.1 Å². The van der Waals surface area contributed by atoms with E-state index in [0.29, 0.717) is 11.3 Å². The number of amides is 1. The number of carbonyl (C=O) groups excluding carboxylic acids is 1. The molecule has 0 saturated heterocycles. The van der Waals surface area contributed by atoms with E-state index >= 15 is 0 Å². The third-order valence-electron chi connectivity index (χ3n) is 3.71. The third kappa shape index (κ3) is 8.91. The Balaban J connectivity index is 2.58. The number of anilines is 1. The van der Waals surface area contributed by atoms with Gasteiger partial charge >= 0.3 is 6.09 Å². The van der Waals surface area contributed by atoms with Crippen LogP contribution >= 0.6 is 0 Å². The van der Waals surface area contributed by atoms with Gasteiger partial charge in [-0.2, -0.15) is 16.8 Å². The summed E-state index contributed by atoms with van der Waals surface area (Å²) in [6.07, 6.45) is 1.02. The Morgan fingerprint density at radius 2 is 1.53 bits per heavy atom. The molecule has 1 N–H and O–H groups in total. The molecule has 0 aliphatic rings. The highest BCUT2D eigenvalue weighted by Crippen LogP contribution is 2.30. The fraction of sp³-hybridized carbons (Fsp3) is 0.400. The van der Waals surface area contributed by atoms with E-state index in [-0.39, 0.29) is 16.9 Å². The molecular weight excluding hydrogens is 460 g/mol. The van der Waals surface area contributed by atoms with Crippen LogP contribution in [0, 0.1) is 0 Å². The fourth-order valence-electron chi connectivity index (χ4n) is 2.50. The lowest BCUT2D eigenvalue weighted by Gasteiger charge is -2.21. The molecular formula is C20H26N2O8S2. The Labute approximate surface area is 188 Å². The zero-order chi connectivity index (χ0) is 24.2. The van der Waals surface area contributed by atoms with Crippen LogP contribution in [0.3, 0.4) is 0 Å². The van der Waals surface area contributed by atoms with Gasteiger partial charge < -0.3 is 4.74 Å². The Hall–Kier alpha value is -2.54. The summed E-state index contributed by atoms with van der Waals surface area (Å²) in [6.45, 7) is 4.24. The number of rotatable bonds is 8. The average Bonchev–Trinajstić information content (AvgIpc) is 2.63. The molecule has 32 heavy (non-hydrogen) atoms. The molecule has 0 saturated carbocycles. The van der Waals surface area contributed by atoms with Crippen LogP contribution < -0.4 is 5.32 Å². The topological polar surface area (TPSA) is 138 Å². The molecule has 0 unspecified atom stereocenters. The van der Waals surface area contributed by atoms with Crippen LogP contribution in [0.15, 0.2) is 36.4 Å². The van der Waals surface area contributed by atoms with Crippen LogP contribution in [0.1, 0.15) is 32.0 Å². The van der Waals surface area contributed by atoms with Gasteiger partial charge in [0.2, 0.25) is 0 Å². The first-order valence-corrected chi connectivity index (χ1v) is 13.0. The lowest BCUT2D eigenvalue weighted by atomic mass is 10.1. The summed E-state index contributed by atoms with van der Waals surface area (Å²) in [6, 6.07) is 10.3. The number of nitrogens with zero attached hydrogens (tertiary/aromatic N) is 1. The highest BCUT2D eigenvalue weighted by atomic mass is 32.2. The second kappa shape index (κ2) is 9.94. The van der Waals surface area contributed by atoms with Crippen molar-refractivity contribution in [2.45, 2.75) is 39.6 Å². The van der Waals surface area contributed by atoms with Crippen LogP contribution in [0.25, 0.3) is 11.3 Å². The quantitative estimate of drug-likeness (QED) is 0.558. The molecule has 1 aromatic carbocycles. The van der Waals surface area contributed by atoms with E-state index in [9.17, 15) is 21.6 Å². The summed E-state index contributed by atoms with van der Waals surface area (Å²) in [5.74, 6) is 0. The maximum absolute atomic E-state index is 12.4. The fourth-order valence-corrected chi connectivity index (χ4v) is 3.17. The van der Waals surface area contributed by atoms with E-state index in [1.54, 1.807) is 51.1 Å². The molecule has 2 rings (SSSR count). The molecule has 0 aliphatic carbocycles. The summed E-state index contributed by atoms with van der Waals surface area (Å²) in [5, 5.41) is 2.61. The van der Waals surface area contributed by atoms with Gasteiger partial charge in [0.25, 0.3) is 20.2 Å². The number of hydrogen-bond acceptors (Lipinski definition) is 9. The van der Waals surface area contributed by atoms with Crippen molar-refractivity contribution in [3.8, 4) is 11.3 Å². The van der Waals surface area contributed by atoms with Crippen molar-refractivity contribution in [1.82, 2.24) is 4.98 Å². The van der Waals surface area contributed by atoms with E-state index in [1.165, 1.54) is 6.07 Å². The molecule has 0 fully saturated rings. The van der Waals surface area contributed by atoms with Gasteiger partial charge in [-0.1, -0.05) is 30.3 Å². The largest absolute Gasteiger partial charge is 0.444 e. The van der Waals surface area contributed by atoms with Crippen molar-refractivity contribution in [2.75, 3.05) is 17.8 Å². The van der Waals surface area contributed by atoms with Gasteiger partial charge in [-0.15, -0.1) is 0 Å². The first-order valence-electron chi connectivity index (χ1n) is 9.40. The Morgan fingerprint density at radius 1 is 0.969 bits per heavy atom. The van der Waals surface area contributed by atoms with Gasteiger partial charge in [-0.3, -0.25) is 13.7 Å².